The Labute approximate surface area is 213 Å². The molecule has 1 N–H and O–H groups in total. The largest absolute Gasteiger partial charge is 0.497 e. The molecule has 0 saturated carbocycles. The molecule has 1 unspecified atom stereocenters. The standard InChI is InChI=1S/C26H28BrN3O3S/c1-33-22-13-11-21(12-14-22)29-26-30(16-15-18-5-3-2-4-6-18)25(32)23(34-26)17-24(31)28-20-9-7-19(27)8-10-20/h5,7-14,23H,2-4,6,15-17H2,1H3,(H,28,31). The molecule has 0 radical (unpaired) electrons. The summed E-state index contributed by atoms with van der Waals surface area (Å²) in [5, 5.41) is 3.04. The molecule has 1 heterocycles. The minimum Gasteiger partial charge on any atom is -0.497 e. The maximum Gasteiger partial charge on any atom is 0.242 e. The molecule has 2 aromatic carbocycles. The van der Waals surface area contributed by atoms with Gasteiger partial charge in [-0.2, -0.15) is 0 Å². The van der Waals surface area contributed by atoms with E-state index in [1.807, 2.05) is 48.5 Å². The van der Waals surface area contributed by atoms with Crippen molar-refractivity contribution in [2.75, 3.05) is 19.0 Å². The van der Waals surface area contributed by atoms with Gasteiger partial charge in [-0.15, -0.1) is 0 Å². The molecule has 4 rings (SSSR count). The molecular formula is C26H28BrN3O3S. The number of methoxy groups -OCH3 is 1. The number of amides is 2. The predicted octanol–water partition coefficient (Wildman–Crippen LogP) is 6.31. The number of benzene rings is 2. The second-order valence-corrected chi connectivity index (χ2v) is 10.4. The van der Waals surface area contributed by atoms with Crippen LogP contribution >= 0.6 is 27.7 Å². The van der Waals surface area contributed by atoms with Crippen molar-refractivity contribution in [2.45, 2.75) is 43.8 Å². The third kappa shape index (κ3) is 6.51. The molecule has 8 heteroatoms. The molecule has 1 fully saturated rings. The Morgan fingerprint density at radius 3 is 2.62 bits per heavy atom. The van der Waals surface area contributed by atoms with E-state index >= 15 is 0 Å². The van der Waals surface area contributed by atoms with Gasteiger partial charge in [0.1, 0.15) is 11.0 Å². The van der Waals surface area contributed by atoms with E-state index in [0.29, 0.717) is 17.4 Å². The van der Waals surface area contributed by atoms with E-state index in [1.54, 1.807) is 12.0 Å². The Hall–Kier alpha value is -2.58. The van der Waals surface area contributed by atoms with Crippen LogP contribution in [0.4, 0.5) is 11.4 Å². The van der Waals surface area contributed by atoms with Crippen molar-refractivity contribution in [1.82, 2.24) is 4.90 Å². The van der Waals surface area contributed by atoms with Crippen molar-refractivity contribution in [3.05, 3.63) is 64.7 Å². The molecule has 34 heavy (non-hydrogen) atoms. The molecule has 1 atom stereocenters. The number of nitrogens with one attached hydrogen (secondary N) is 1. The van der Waals surface area contributed by atoms with Crippen molar-refractivity contribution in [1.29, 1.82) is 0 Å². The predicted molar refractivity (Wildman–Crippen MR) is 142 cm³/mol. The summed E-state index contributed by atoms with van der Waals surface area (Å²) < 4.78 is 6.17. The van der Waals surface area contributed by atoms with Gasteiger partial charge >= 0.3 is 0 Å². The van der Waals surface area contributed by atoms with E-state index in [1.165, 1.54) is 30.2 Å². The van der Waals surface area contributed by atoms with Gasteiger partial charge in [-0.1, -0.05) is 39.3 Å². The van der Waals surface area contributed by atoms with Gasteiger partial charge in [0.2, 0.25) is 11.8 Å². The summed E-state index contributed by atoms with van der Waals surface area (Å²) in [5.41, 5.74) is 2.86. The van der Waals surface area contributed by atoms with Crippen LogP contribution in [-0.4, -0.2) is 40.8 Å². The van der Waals surface area contributed by atoms with Gasteiger partial charge in [-0.05, 0) is 80.6 Å². The molecule has 0 spiro atoms. The summed E-state index contributed by atoms with van der Waals surface area (Å²) in [7, 11) is 1.62. The number of hydrogen-bond donors (Lipinski definition) is 1. The van der Waals surface area contributed by atoms with Gasteiger partial charge < -0.3 is 10.1 Å². The number of amidine groups is 1. The molecule has 1 aliphatic carbocycles. The fourth-order valence-corrected chi connectivity index (χ4v) is 5.45. The van der Waals surface area contributed by atoms with Crippen LogP contribution in [0.25, 0.3) is 0 Å². The van der Waals surface area contributed by atoms with E-state index in [0.717, 1.165) is 35.2 Å². The lowest BCUT2D eigenvalue weighted by molar-refractivity contribution is -0.128. The Morgan fingerprint density at radius 2 is 1.94 bits per heavy atom. The summed E-state index contributed by atoms with van der Waals surface area (Å²) >= 11 is 4.76. The van der Waals surface area contributed by atoms with Crippen LogP contribution in [0.3, 0.4) is 0 Å². The summed E-state index contributed by atoms with van der Waals surface area (Å²) in [6, 6.07) is 14.8. The first-order valence-corrected chi connectivity index (χ1v) is 13.1. The summed E-state index contributed by atoms with van der Waals surface area (Å²) in [5.74, 6) is 0.510. The normalized spacial score (nSPS) is 19.3. The fourth-order valence-electron chi connectivity index (χ4n) is 4.00. The minimum absolute atomic E-state index is 0.0559. The first-order chi connectivity index (χ1) is 16.5. The molecule has 0 bridgehead atoms. The smallest absolute Gasteiger partial charge is 0.242 e. The Kier molecular flexibility index (Phi) is 8.45. The van der Waals surface area contributed by atoms with E-state index in [-0.39, 0.29) is 18.2 Å². The van der Waals surface area contributed by atoms with Crippen LogP contribution in [0.5, 0.6) is 5.75 Å². The lowest BCUT2D eigenvalue weighted by Crippen LogP contribution is -2.34. The molecule has 0 aromatic heterocycles. The Balaban J connectivity index is 1.48. The van der Waals surface area contributed by atoms with E-state index < -0.39 is 5.25 Å². The highest BCUT2D eigenvalue weighted by Gasteiger charge is 2.39. The lowest BCUT2D eigenvalue weighted by Gasteiger charge is -2.19. The molecular weight excluding hydrogens is 514 g/mol. The van der Waals surface area contributed by atoms with Gasteiger partial charge in [-0.3, -0.25) is 14.5 Å². The van der Waals surface area contributed by atoms with Crippen molar-refractivity contribution in [3.8, 4) is 5.75 Å². The number of allylic oxidation sites excluding steroid dienone is 1. The first kappa shape index (κ1) is 24.5. The van der Waals surface area contributed by atoms with Crippen LogP contribution in [0.15, 0.2) is 69.6 Å². The average molecular weight is 542 g/mol. The first-order valence-electron chi connectivity index (χ1n) is 11.5. The summed E-state index contributed by atoms with van der Waals surface area (Å²) in [4.78, 5) is 32.5. The molecule has 2 amide bonds. The highest BCUT2D eigenvalue weighted by atomic mass is 79.9. The zero-order valence-electron chi connectivity index (χ0n) is 19.1. The SMILES string of the molecule is COc1ccc(N=C2SC(CC(=O)Nc3ccc(Br)cc3)C(=O)N2CCC2=CCCCC2)cc1. The van der Waals surface area contributed by atoms with Gasteiger partial charge in [0, 0.05) is 23.1 Å². The number of carbonyl (C=O) groups is 2. The average Bonchev–Trinajstić information content (AvgIpc) is 3.13. The van der Waals surface area contributed by atoms with E-state index in [2.05, 4.69) is 27.3 Å². The van der Waals surface area contributed by atoms with Gasteiger partial charge in [0.15, 0.2) is 5.17 Å². The second-order valence-electron chi connectivity index (χ2n) is 8.31. The zero-order chi connectivity index (χ0) is 23.9. The topological polar surface area (TPSA) is 71.0 Å². The maximum absolute atomic E-state index is 13.3. The maximum atomic E-state index is 13.3. The van der Waals surface area contributed by atoms with Crippen molar-refractivity contribution >= 4 is 56.0 Å². The molecule has 2 aliphatic rings. The lowest BCUT2D eigenvalue weighted by atomic mass is 9.97. The molecule has 2 aromatic rings. The summed E-state index contributed by atoms with van der Waals surface area (Å²) in [6.07, 6.45) is 7.90. The van der Waals surface area contributed by atoms with E-state index in [4.69, 9.17) is 9.73 Å². The van der Waals surface area contributed by atoms with Gasteiger partial charge in [-0.25, -0.2) is 4.99 Å². The monoisotopic (exact) mass is 541 g/mol. The highest BCUT2D eigenvalue weighted by molar-refractivity contribution is 9.10. The summed E-state index contributed by atoms with van der Waals surface area (Å²) in [6.45, 7) is 0.581. The molecule has 178 valence electrons. The number of halogens is 1. The number of aliphatic imine (C=N–C) groups is 1. The third-order valence-electron chi connectivity index (χ3n) is 5.86. The number of thioether (sulfide) groups is 1. The van der Waals surface area contributed by atoms with E-state index in [9.17, 15) is 9.59 Å². The fraction of sp³-hybridized carbons (Fsp3) is 0.346. The minimum atomic E-state index is -0.493. The quantitative estimate of drug-likeness (QED) is 0.397. The third-order valence-corrected chi connectivity index (χ3v) is 7.56. The van der Waals surface area contributed by atoms with Crippen molar-refractivity contribution in [2.24, 2.45) is 4.99 Å². The van der Waals surface area contributed by atoms with Crippen molar-refractivity contribution in [3.63, 3.8) is 0 Å². The van der Waals surface area contributed by atoms with Crippen LogP contribution in [0, 0.1) is 0 Å². The number of hydrogen-bond acceptors (Lipinski definition) is 5. The molecule has 6 nitrogen and oxygen atoms in total. The van der Waals surface area contributed by atoms with Gasteiger partial charge in [0.05, 0.1) is 12.8 Å². The van der Waals surface area contributed by atoms with Gasteiger partial charge in [0.25, 0.3) is 0 Å². The molecule has 1 saturated heterocycles. The number of carbonyl (C=O) groups excluding carboxylic acids is 2. The Bertz CT molecular complexity index is 1080. The number of rotatable bonds is 8. The zero-order valence-corrected chi connectivity index (χ0v) is 21.5. The van der Waals surface area contributed by atoms with Crippen LogP contribution < -0.4 is 10.1 Å². The van der Waals surface area contributed by atoms with Crippen LogP contribution in [0.1, 0.15) is 38.5 Å². The number of ether oxygens (including phenoxy) is 1. The van der Waals surface area contributed by atoms with Crippen molar-refractivity contribution < 1.29 is 14.3 Å². The second kappa shape index (κ2) is 11.7. The Morgan fingerprint density at radius 1 is 1.18 bits per heavy atom. The van der Waals surface area contributed by atoms with Crippen LogP contribution in [-0.2, 0) is 9.59 Å². The molecule has 1 aliphatic heterocycles. The van der Waals surface area contributed by atoms with Crippen LogP contribution in [0.2, 0.25) is 0 Å². The highest BCUT2D eigenvalue weighted by Crippen LogP contribution is 2.33. The number of nitrogens with zero attached hydrogens (tertiary/aromatic N) is 2. The number of anilines is 1.